The molecule has 2 N–H and O–H groups in total. The average molecular weight is 355 g/mol. The largest absolute Gasteiger partial charge is 0.365 e. The van der Waals surface area contributed by atoms with Crippen LogP contribution in [0.4, 0.5) is 21.9 Å². The number of nitrogens with zero attached hydrogens (tertiary/aromatic N) is 1. The fourth-order valence-corrected chi connectivity index (χ4v) is 3.34. The van der Waals surface area contributed by atoms with Gasteiger partial charge in [-0.25, -0.2) is 4.90 Å². The van der Waals surface area contributed by atoms with Crippen LogP contribution >= 0.6 is 11.8 Å². The molecular formula is C18H17N3O3S. The van der Waals surface area contributed by atoms with Gasteiger partial charge in [0.2, 0.25) is 5.91 Å². The van der Waals surface area contributed by atoms with Crippen molar-refractivity contribution >= 4 is 45.9 Å². The normalized spacial score (nSPS) is 16.9. The van der Waals surface area contributed by atoms with Crippen LogP contribution in [0.25, 0.3) is 0 Å². The SMILES string of the molecule is CC(=O)Nc1ccc(N[C@@H]2SC(=O)N(c3ccc(C)cc3)C2=O)cc1. The van der Waals surface area contributed by atoms with Gasteiger partial charge in [0.15, 0.2) is 5.37 Å². The number of nitrogens with one attached hydrogen (secondary N) is 2. The Labute approximate surface area is 149 Å². The molecule has 0 aromatic heterocycles. The van der Waals surface area contributed by atoms with Crippen molar-refractivity contribution in [3.8, 4) is 0 Å². The first kappa shape index (κ1) is 17.0. The molecule has 0 saturated carbocycles. The van der Waals surface area contributed by atoms with Gasteiger partial charge >= 0.3 is 0 Å². The number of imide groups is 1. The van der Waals surface area contributed by atoms with Crippen molar-refractivity contribution in [3.63, 3.8) is 0 Å². The lowest BCUT2D eigenvalue weighted by Gasteiger charge is -2.15. The molecule has 1 aliphatic heterocycles. The zero-order valence-electron chi connectivity index (χ0n) is 13.8. The number of hydrogen-bond acceptors (Lipinski definition) is 5. The molecule has 1 saturated heterocycles. The fraction of sp³-hybridized carbons (Fsp3) is 0.167. The molecule has 3 rings (SSSR count). The molecule has 1 fully saturated rings. The highest BCUT2D eigenvalue weighted by atomic mass is 32.2. The lowest BCUT2D eigenvalue weighted by molar-refractivity contribution is -0.116. The van der Waals surface area contributed by atoms with E-state index in [1.807, 2.05) is 19.1 Å². The van der Waals surface area contributed by atoms with E-state index < -0.39 is 5.37 Å². The molecule has 0 unspecified atom stereocenters. The van der Waals surface area contributed by atoms with E-state index >= 15 is 0 Å². The van der Waals surface area contributed by atoms with Crippen LogP contribution in [-0.4, -0.2) is 22.4 Å². The number of aryl methyl sites for hydroxylation is 1. The first-order valence-corrected chi connectivity index (χ1v) is 8.57. The van der Waals surface area contributed by atoms with Gasteiger partial charge in [0.1, 0.15) is 0 Å². The van der Waals surface area contributed by atoms with Gasteiger partial charge in [0.25, 0.3) is 11.1 Å². The highest BCUT2D eigenvalue weighted by Crippen LogP contribution is 2.32. The zero-order chi connectivity index (χ0) is 18.0. The third kappa shape index (κ3) is 3.83. The van der Waals surface area contributed by atoms with E-state index in [1.54, 1.807) is 36.4 Å². The van der Waals surface area contributed by atoms with Crippen molar-refractivity contribution < 1.29 is 14.4 Å². The Balaban J connectivity index is 1.71. The van der Waals surface area contributed by atoms with Gasteiger partial charge < -0.3 is 10.6 Å². The second kappa shape index (κ2) is 6.98. The van der Waals surface area contributed by atoms with E-state index in [4.69, 9.17) is 0 Å². The second-order valence-corrected chi connectivity index (χ2v) is 6.73. The van der Waals surface area contributed by atoms with E-state index in [-0.39, 0.29) is 17.1 Å². The maximum atomic E-state index is 12.6. The summed E-state index contributed by atoms with van der Waals surface area (Å²) in [6.45, 7) is 3.38. The molecule has 7 heteroatoms. The Morgan fingerprint density at radius 2 is 1.60 bits per heavy atom. The lowest BCUT2D eigenvalue weighted by Crippen LogP contribution is -2.34. The quantitative estimate of drug-likeness (QED) is 0.876. The van der Waals surface area contributed by atoms with Crippen molar-refractivity contribution in [2.24, 2.45) is 0 Å². The smallest absolute Gasteiger partial charge is 0.295 e. The number of anilines is 3. The monoisotopic (exact) mass is 355 g/mol. The molecule has 6 nitrogen and oxygen atoms in total. The Bertz CT molecular complexity index is 818. The molecular weight excluding hydrogens is 338 g/mol. The van der Waals surface area contributed by atoms with Crippen LogP contribution in [0.1, 0.15) is 12.5 Å². The minimum Gasteiger partial charge on any atom is -0.365 e. The Morgan fingerprint density at radius 1 is 1.00 bits per heavy atom. The van der Waals surface area contributed by atoms with Crippen molar-refractivity contribution in [1.29, 1.82) is 0 Å². The van der Waals surface area contributed by atoms with Gasteiger partial charge in [0.05, 0.1) is 5.69 Å². The van der Waals surface area contributed by atoms with E-state index in [0.29, 0.717) is 17.1 Å². The predicted molar refractivity (Wildman–Crippen MR) is 99.8 cm³/mol. The average Bonchev–Trinajstić information content (AvgIpc) is 2.84. The molecule has 1 atom stereocenters. The summed E-state index contributed by atoms with van der Waals surface area (Å²) in [5, 5.41) is 4.74. The standard InChI is InChI=1S/C18H17N3O3S/c1-11-3-9-15(10-4-11)21-17(23)16(25-18(21)24)20-14-7-5-13(6-8-14)19-12(2)22/h3-10,16,20H,1-2H3,(H,19,22)/t16-/m1/s1. The van der Waals surface area contributed by atoms with Gasteiger partial charge in [-0.3, -0.25) is 14.4 Å². The molecule has 25 heavy (non-hydrogen) atoms. The molecule has 0 spiro atoms. The maximum Gasteiger partial charge on any atom is 0.295 e. The fourth-order valence-electron chi connectivity index (χ4n) is 2.43. The topological polar surface area (TPSA) is 78.5 Å². The molecule has 0 bridgehead atoms. The summed E-state index contributed by atoms with van der Waals surface area (Å²) in [7, 11) is 0. The summed E-state index contributed by atoms with van der Waals surface area (Å²) in [4.78, 5) is 37.0. The molecule has 0 aliphatic carbocycles. The van der Waals surface area contributed by atoms with Crippen LogP contribution in [0, 0.1) is 6.92 Å². The van der Waals surface area contributed by atoms with Gasteiger partial charge in [-0.1, -0.05) is 17.7 Å². The van der Waals surface area contributed by atoms with E-state index in [9.17, 15) is 14.4 Å². The first-order valence-electron chi connectivity index (χ1n) is 7.69. The molecule has 1 heterocycles. The number of hydrogen-bond donors (Lipinski definition) is 2. The van der Waals surface area contributed by atoms with Gasteiger partial charge in [-0.15, -0.1) is 0 Å². The van der Waals surface area contributed by atoms with Crippen molar-refractivity contribution in [3.05, 3.63) is 54.1 Å². The molecule has 1 aliphatic rings. The summed E-state index contributed by atoms with van der Waals surface area (Å²) in [5.74, 6) is -0.452. The van der Waals surface area contributed by atoms with Crippen molar-refractivity contribution in [2.75, 3.05) is 15.5 Å². The van der Waals surface area contributed by atoms with Crippen LogP contribution in [0.15, 0.2) is 48.5 Å². The third-order valence-electron chi connectivity index (χ3n) is 3.64. The van der Waals surface area contributed by atoms with Gasteiger partial charge in [-0.2, -0.15) is 0 Å². The third-order valence-corrected chi connectivity index (χ3v) is 4.58. The molecule has 128 valence electrons. The summed E-state index contributed by atoms with van der Waals surface area (Å²) >= 11 is 0.947. The van der Waals surface area contributed by atoms with Crippen molar-refractivity contribution in [2.45, 2.75) is 19.2 Å². The Hall–Kier alpha value is -2.80. The van der Waals surface area contributed by atoms with E-state index in [2.05, 4.69) is 10.6 Å². The minimum atomic E-state index is -0.680. The number of benzene rings is 2. The maximum absolute atomic E-state index is 12.6. The highest BCUT2D eigenvalue weighted by molar-refractivity contribution is 8.16. The molecule has 3 amide bonds. The summed E-state index contributed by atoms with van der Waals surface area (Å²) < 4.78 is 0. The zero-order valence-corrected chi connectivity index (χ0v) is 14.6. The van der Waals surface area contributed by atoms with E-state index in [0.717, 1.165) is 17.3 Å². The minimum absolute atomic E-state index is 0.151. The highest BCUT2D eigenvalue weighted by Gasteiger charge is 2.40. The number of rotatable bonds is 4. The summed E-state index contributed by atoms with van der Waals surface area (Å²) in [5.41, 5.74) is 2.99. The van der Waals surface area contributed by atoms with Crippen LogP contribution < -0.4 is 15.5 Å². The number of carbonyl (C=O) groups is 3. The number of carbonyl (C=O) groups excluding carboxylic acids is 3. The lowest BCUT2D eigenvalue weighted by atomic mass is 10.2. The summed E-state index contributed by atoms with van der Waals surface area (Å²) in [6.07, 6.45) is 0. The number of thioether (sulfide) groups is 1. The van der Waals surface area contributed by atoms with Crippen LogP contribution in [-0.2, 0) is 9.59 Å². The molecule has 2 aromatic carbocycles. The second-order valence-electron chi connectivity index (χ2n) is 5.68. The van der Waals surface area contributed by atoms with Gasteiger partial charge in [0, 0.05) is 18.3 Å². The van der Waals surface area contributed by atoms with E-state index in [1.165, 1.54) is 11.8 Å². The number of amides is 3. The Kier molecular flexibility index (Phi) is 4.76. The molecule has 0 radical (unpaired) electrons. The van der Waals surface area contributed by atoms with Crippen molar-refractivity contribution in [1.82, 2.24) is 0 Å². The Morgan fingerprint density at radius 3 is 2.20 bits per heavy atom. The van der Waals surface area contributed by atoms with Gasteiger partial charge in [-0.05, 0) is 55.1 Å². The van der Waals surface area contributed by atoms with Crippen LogP contribution in [0.2, 0.25) is 0 Å². The summed E-state index contributed by atoms with van der Waals surface area (Å²) in [6, 6.07) is 14.2. The van der Waals surface area contributed by atoms with Crippen LogP contribution in [0.5, 0.6) is 0 Å². The molecule has 2 aromatic rings. The van der Waals surface area contributed by atoms with Crippen LogP contribution in [0.3, 0.4) is 0 Å². The first-order chi connectivity index (χ1) is 11.9. The predicted octanol–water partition coefficient (Wildman–Crippen LogP) is 3.59.